The molecule has 1 saturated heterocycles. The van der Waals surface area contributed by atoms with Gasteiger partial charge in [0.2, 0.25) is 11.8 Å². The van der Waals surface area contributed by atoms with Crippen molar-refractivity contribution >= 4 is 29.1 Å². The Hall–Kier alpha value is -1.93. The van der Waals surface area contributed by atoms with Crippen LogP contribution >= 0.6 is 11.3 Å². The van der Waals surface area contributed by atoms with E-state index < -0.39 is 0 Å². The number of nitrogens with one attached hydrogen (secondary N) is 2. The lowest BCUT2D eigenvalue weighted by molar-refractivity contribution is -0.134. The number of hydrogen-bond donors (Lipinski definition) is 2. The molecule has 1 aliphatic carbocycles. The topological polar surface area (TPSA) is 81.8 Å². The van der Waals surface area contributed by atoms with Crippen LogP contribution < -0.4 is 10.6 Å². The van der Waals surface area contributed by atoms with Gasteiger partial charge in [0.1, 0.15) is 0 Å². The van der Waals surface area contributed by atoms with Gasteiger partial charge in [-0.1, -0.05) is 0 Å². The zero-order valence-electron chi connectivity index (χ0n) is 15.1. The number of hydrogen-bond acceptors (Lipinski definition) is 5. The molecule has 2 N–H and O–H groups in total. The summed E-state index contributed by atoms with van der Waals surface area (Å²) >= 11 is 1.47. The van der Waals surface area contributed by atoms with Crippen LogP contribution in [-0.4, -0.2) is 72.3 Å². The van der Waals surface area contributed by atoms with Gasteiger partial charge in [-0.3, -0.25) is 19.3 Å². The van der Waals surface area contributed by atoms with Crippen molar-refractivity contribution in [2.75, 3.05) is 32.7 Å². The summed E-state index contributed by atoms with van der Waals surface area (Å²) in [5.41, 5.74) is 0.634. The van der Waals surface area contributed by atoms with E-state index in [2.05, 4.69) is 15.5 Å². The first-order valence-corrected chi connectivity index (χ1v) is 10.1. The van der Waals surface area contributed by atoms with Crippen LogP contribution in [0.4, 0.5) is 0 Å². The Morgan fingerprint density at radius 1 is 1.23 bits per heavy atom. The zero-order chi connectivity index (χ0) is 18.5. The molecule has 26 heavy (non-hydrogen) atoms. The number of thiophene rings is 1. The molecule has 0 aromatic carbocycles. The summed E-state index contributed by atoms with van der Waals surface area (Å²) in [7, 11) is 0. The van der Waals surface area contributed by atoms with E-state index in [-0.39, 0.29) is 23.8 Å². The molecule has 1 aliphatic heterocycles. The van der Waals surface area contributed by atoms with Crippen LogP contribution in [0.25, 0.3) is 0 Å². The average molecular weight is 378 g/mol. The molecule has 0 bridgehead atoms. The Morgan fingerprint density at radius 3 is 2.58 bits per heavy atom. The molecule has 2 aliphatic rings. The Kier molecular flexibility index (Phi) is 6.26. The van der Waals surface area contributed by atoms with Gasteiger partial charge in [-0.05, 0) is 31.2 Å². The second-order valence-corrected chi connectivity index (χ2v) is 7.67. The maximum Gasteiger partial charge on any atom is 0.252 e. The quantitative estimate of drug-likeness (QED) is 0.731. The number of carbonyl (C=O) groups is 3. The maximum atomic E-state index is 12.3. The van der Waals surface area contributed by atoms with Crippen molar-refractivity contribution in [2.45, 2.75) is 38.3 Å². The molecule has 3 amide bonds. The van der Waals surface area contributed by atoms with Gasteiger partial charge in [-0.15, -0.1) is 0 Å². The highest BCUT2D eigenvalue weighted by atomic mass is 32.1. The van der Waals surface area contributed by atoms with Crippen molar-refractivity contribution in [2.24, 2.45) is 0 Å². The van der Waals surface area contributed by atoms with E-state index >= 15 is 0 Å². The van der Waals surface area contributed by atoms with Gasteiger partial charge < -0.3 is 15.5 Å². The van der Waals surface area contributed by atoms with Crippen LogP contribution in [0.1, 0.15) is 36.5 Å². The van der Waals surface area contributed by atoms with Crippen molar-refractivity contribution in [3.05, 3.63) is 22.4 Å². The summed E-state index contributed by atoms with van der Waals surface area (Å²) in [5.74, 6) is -0.00635. The summed E-state index contributed by atoms with van der Waals surface area (Å²) in [6.45, 7) is 4.92. The number of amides is 3. The van der Waals surface area contributed by atoms with Crippen LogP contribution in [0.2, 0.25) is 0 Å². The van der Waals surface area contributed by atoms with E-state index in [0.717, 1.165) is 12.8 Å². The monoisotopic (exact) mass is 378 g/mol. The lowest BCUT2D eigenvalue weighted by atomic mass is 10.2. The fourth-order valence-corrected chi connectivity index (χ4v) is 3.65. The Bertz CT molecular complexity index is 637. The number of rotatable bonds is 7. The minimum Gasteiger partial charge on any atom is -0.352 e. The molecule has 2 heterocycles. The highest BCUT2D eigenvalue weighted by Crippen LogP contribution is 2.19. The Balaban J connectivity index is 1.35. The van der Waals surface area contributed by atoms with Gasteiger partial charge in [0, 0.05) is 56.1 Å². The van der Waals surface area contributed by atoms with Gasteiger partial charge in [-0.2, -0.15) is 11.3 Å². The molecule has 1 saturated carbocycles. The predicted molar refractivity (Wildman–Crippen MR) is 100 cm³/mol. The summed E-state index contributed by atoms with van der Waals surface area (Å²) < 4.78 is 0. The molecule has 1 aromatic heterocycles. The second-order valence-electron chi connectivity index (χ2n) is 6.89. The van der Waals surface area contributed by atoms with Crippen LogP contribution in [-0.2, 0) is 9.59 Å². The number of carbonyl (C=O) groups excluding carboxylic acids is 3. The van der Waals surface area contributed by atoms with Crippen LogP contribution in [0.15, 0.2) is 16.8 Å². The van der Waals surface area contributed by atoms with Gasteiger partial charge in [0.15, 0.2) is 0 Å². The van der Waals surface area contributed by atoms with E-state index in [4.69, 9.17) is 0 Å². The summed E-state index contributed by atoms with van der Waals surface area (Å²) in [6, 6.07) is 1.98. The van der Waals surface area contributed by atoms with E-state index in [1.807, 2.05) is 17.2 Å². The third-order valence-corrected chi connectivity index (χ3v) is 5.61. The van der Waals surface area contributed by atoms with Crippen molar-refractivity contribution < 1.29 is 14.4 Å². The molecule has 8 heteroatoms. The molecule has 142 valence electrons. The molecular weight excluding hydrogens is 352 g/mol. The lowest BCUT2D eigenvalue weighted by Crippen LogP contribution is -2.55. The summed E-state index contributed by atoms with van der Waals surface area (Å²) in [5, 5.41) is 9.45. The fraction of sp³-hybridized carbons (Fsp3) is 0.611. The molecule has 1 atom stereocenters. The molecule has 1 aromatic rings. The van der Waals surface area contributed by atoms with Gasteiger partial charge >= 0.3 is 0 Å². The number of nitrogens with zero attached hydrogens (tertiary/aromatic N) is 2. The highest BCUT2D eigenvalue weighted by Gasteiger charge is 2.30. The average Bonchev–Trinajstić information content (AvgIpc) is 3.29. The van der Waals surface area contributed by atoms with E-state index in [9.17, 15) is 14.4 Å². The van der Waals surface area contributed by atoms with E-state index in [1.54, 1.807) is 11.4 Å². The third kappa shape index (κ3) is 5.04. The molecule has 3 rings (SSSR count). The molecule has 0 radical (unpaired) electrons. The van der Waals surface area contributed by atoms with Gasteiger partial charge in [0.25, 0.3) is 5.91 Å². The van der Waals surface area contributed by atoms with Crippen LogP contribution in [0.3, 0.4) is 0 Å². The van der Waals surface area contributed by atoms with E-state index in [0.29, 0.717) is 50.7 Å². The smallest absolute Gasteiger partial charge is 0.252 e. The fourth-order valence-electron chi connectivity index (χ4n) is 3.01. The Morgan fingerprint density at radius 2 is 1.96 bits per heavy atom. The maximum absolute atomic E-state index is 12.3. The SMILES string of the molecule is CC(C(=O)NC1CC1)N1CCN(C(=O)CCNC(=O)c2ccsc2)CC1. The Labute approximate surface area is 157 Å². The molecule has 7 nitrogen and oxygen atoms in total. The van der Waals surface area contributed by atoms with Crippen LogP contribution in [0.5, 0.6) is 0 Å². The molecule has 1 unspecified atom stereocenters. The molecule has 2 fully saturated rings. The van der Waals surface area contributed by atoms with Crippen molar-refractivity contribution in [1.29, 1.82) is 0 Å². The normalized spacial score (nSPS) is 19.0. The van der Waals surface area contributed by atoms with Gasteiger partial charge in [-0.25, -0.2) is 0 Å². The molecular formula is C18H26N4O3S. The third-order valence-electron chi connectivity index (χ3n) is 4.93. The first-order chi connectivity index (χ1) is 12.5. The van der Waals surface area contributed by atoms with Gasteiger partial charge in [0.05, 0.1) is 6.04 Å². The first kappa shape index (κ1) is 18.8. The van der Waals surface area contributed by atoms with Crippen molar-refractivity contribution in [3.63, 3.8) is 0 Å². The summed E-state index contributed by atoms with van der Waals surface area (Å²) in [4.78, 5) is 40.2. The van der Waals surface area contributed by atoms with Crippen LogP contribution in [0, 0.1) is 0 Å². The van der Waals surface area contributed by atoms with E-state index in [1.165, 1.54) is 11.3 Å². The number of piperazine rings is 1. The largest absolute Gasteiger partial charge is 0.352 e. The minimum absolute atomic E-state index is 0.0466. The van der Waals surface area contributed by atoms with Crippen molar-refractivity contribution in [3.8, 4) is 0 Å². The second kappa shape index (κ2) is 8.64. The minimum atomic E-state index is -0.155. The highest BCUT2D eigenvalue weighted by molar-refractivity contribution is 7.08. The van der Waals surface area contributed by atoms with Crippen molar-refractivity contribution in [1.82, 2.24) is 20.4 Å². The first-order valence-electron chi connectivity index (χ1n) is 9.17. The standard InChI is InChI=1S/C18H26N4O3S/c1-13(17(24)20-15-2-3-15)21-7-9-22(10-8-21)16(23)4-6-19-18(25)14-5-11-26-12-14/h5,11-13,15H,2-4,6-10H2,1H3,(H,19,25)(H,20,24). The zero-order valence-corrected chi connectivity index (χ0v) is 15.9. The lowest BCUT2D eigenvalue weighted by Gasteiger charge is -2.37. The molecule has 0 spiro atoms. The predicted octanol–water partition coefficient (Wildman–Crippen LogP) is 0.679. The summed E-state index contributed by atoms with van der Waals surface area (Å²) in [6.07, 6.45) is 2.47.